The average Bonchev–Trinajstić information content (AvgIpc) is 2.69. The van der Waals surface area contributed by atoms with Crippen molar-refractivity contribution in [2.24, 2.45) is 5.18 Å². The van der Waals surface area contributed by atoms with Crippen LogP contribution in [0.3, 0.4) is 0 Å². The number of halogens is 1. The lowest BCUT2D eigenvalue weighted by Gasteiger charge is -2.14. The molecule has 28 heavy (non-hydrogen) atoms. The Balaban J connectivity index is 1.99. The molecule has 0 aliphatic rings. The molecular formula is C19H12BrN5O3. The number of nitrogens with one attached hydrogen (secondary N) is 1. The van der Waals surface area contributed by atoms with Crippen LogP contribution in [0.4, 0.5) is 28.4 Å². The smallest absolute Gasteiger partial charge is 0.271 e. The summed E-state index contributed by atoms with van der Waals surface area (Å²) < 4.78 is 0.739. The molecule has 0 unspecified atom stereocenters. The quantitative estimate of drug-likeness (QED) is 0.137. The Kier molecular flexibility index (Phi) is 4.36. The highest BCUT2D eigenvalue weighted by Gasteiger charge is 2.14. The summed E-state index contributed by atoms with van der Waals surface area (Å²) in [6.45, 7) is 0. The third-order valence-electron chi connectivity index (χ3n) is 4.33. The fourth-order valence-corrected chi connectivity index (χ4v) is 3.36. The second-order valence-corrected chi connectivity index (χ2v) is 6.95. The standard InChI is InChI=1S/C19H12BrN5O3/c20-15-7-10(2-6-16(15)21)22-19-13-4-1-11(24-26)8-17(13)23-18-9-12(25(27)28)3-5-14(18)19/h1-9H,21H2,(H,22,23). The Bertz CT molecular complexity index is 1280. The van der Waals surface area contributed by atoms with Crippen LogP contribution < -0.4 is 11.1 Å². The van der Waals surface area contributed by atoms with Crippen molar-refractivity contribution in [1.29, 1.82) is 0 Å². The van der Waals surface area contributed by atoms with E-state index < -0.39 is 4.92 Å². The number of pyridine rings is 1. The number of hydrogen-bond donors (Lipinski definition) is 2. The number of benzene rings is 3. The van der Waals surface area contributed by atoms with Crippen molar-refractivity contribution in [1.82, 2.24) is 4.98 Å². The number of nitroso groups, excluding NO2 is 1. The van der Waals surface area contributed by atoms with Crippen molar-refractivity contribution >= 4 is 66.2 Å². The van der Waals surface area contributed by atoms with Gasteiger partial charge in [-0.2, -0.15) is 0 Å². The van der Waals surface area contributed by atoms with E-state index in [4.69, 9.17) is 5.73 Å². The molecule has 0 aliphatic heterocycles. The average molecular weight is 438 g/mol. The lowest BCUT2D eigenvalue weighted by molar-refractivity contribution is -0.384. The van der Waals surface area contributed by atoms with Crippen LogP contribution in [-0.4, -0.2) is 9.91 Å². The molecule has 0 saturated heterocycles. The minimum atomic E-state index is -0.473. The number of rotatable bonds is 4. The van der Waals surface area contributed by atoms with E-state index in [0.717, 1.165) is 15.5 Å². The fourth-order valence-electron chi connectivity index (χ4n) is 2.98. The van der Waals surface area contributed by atoms with Gasteiger partial charge in [-0.05, 0) is 63.6 Å². The van der Waals surface area contributed by atoms with Crippen LogP contribution >= 0.6 is 15.9 Å². The predicted molar refractivity (Wildman–Crippen MR) is 113 cm³/mol. The van der Waals surface area contributed by atoms with E-state index in [-0.39, 0.29) is 11.4 Å². The van der Waals surface area contributed by atoms with Gasteiger partial charge in [-0.15, -0.1) is 4.91 Å². The topological polar surface area (TPSA) is 124 Å². The Morgan fingerprint density at radius 2 is 1.75 bits per heavy atom. The highest BCUT2D eigenvalue weighted by atomic mass is 79.9. The summed E-state index contributed by atoms with van der Waals surface area (Å²) in [6.07, 6.45) is 0. The SMILES string of the molecule is Nc1ccc(Nc2c3ccc(N=O)cc3nc3cc([N+](=O)[O-])ccc23)cc1Br. The number of nitrogens with two attached hydrogens (primary N) is 1. The maximum absolute atomic E-state index is 11.1. The van der Waals surface area contributed by atoms with Crippen LogP contribution in [0.5, 0.6) is 0 Å². The zero-order valence-corrected chi connectivity index (χ0v) is 15.8. The summed E-state index contributed by atoms with van der Waals surface area (Å²) >= 11 is 3.40. The maximum atomic E-state index is 11.1. The molecule has 3 N–H and O–H groups in total. The van der Waals surface area contributed by atoms with Gasteiger partial charge in [0.25, 0.3) is 5.69 Å². The van der Waals surface area contributed by atoms with Crippen molar-refractivity contribution in [2.75, 3.05) is 11.1 Å². The summed E-state index contributed by atoms with van der Waals surface area (Å²) in [5, 5.41) is 18.9. The van der Waals surface area contributed by atoms with Crippen LogP contribution in [0.25, 0.3) is 21.8 Å². The van der Waals surface area contributed by atoms with Crippen molar-refractivity contribution in [2.45, 2.75) is 0 Å². The summed E-state index contributed by atoms with van der Waals surface area (Å²) in [7, 11) is 0. The van der Waals surface area contributed by atoms with Gasteiger partial charge in [-0.25, -0.2) is 4.98 Å². The number of anilines is 3. The molecule has 8 nitrogen and oxygen atoms in total. The van der Waals surface area contributed by atoms with Crippen LogP contribution in [-0.2, 0) is 0 Å². The molecule has 9 heteroatoms. The van der Waals surface area contributed by atoms with Crippen molar-refractivity contribution in [3.05, 3.63) is 74.1 Å². The molecule has 0 atom stereocenters. The lowest BCUT2D eigenvalue weighted by Crippen LogP contribution is -1.97. The normalized spacial score (nSPS) is 10.9. The van der Waals surface area contributed by atoms with Gasteiger partial charge in [0.05, 0.1) is 21.6 Å². The molecule has 0 saturated carbocycles. The maximum Gasteiger partial charge on any atom is 0.271 e. The number of aromatic nitrogens is 1. The molecule has 0 aliphatic carbocycles. The van der Waals surface area contributed by atoms with Crippen molar-refractivity contribution < 1.29 is 4.92 Å². The zero-order valence-electron chi connectivity index (χ0n) is 14.2. The molecule has 0 radical (unpaired) electrons. The Labute approximate surface area is 166 Å². The number of nitrogens with zero attached hydrogens (tertiary/aromatic N) is 3. The van der Waals surface area contributed by atoms with Gasteiger partial charge in [0, 0.05) is 38.8 Å². The molecule has 1 aromatic heterocycles. The molecular weight excluding hydrogens is 426 g/mol. The molecule has 1 heterocycles. The molecule has 4 rings (SSSR count). The van der Waals surface area contributed by atoms with E-state index in [1.807, 2.05) is 12.1 Å². The highest BCUT2D eigenvalue weighted by molar-refractivity contribution is 9.10. The molecule has 138 valence electrons. The van der Waals surface area contributed by atoms with Crippen LogP contribution in [0.15, 0.2) is 64.2 Å². The van der Waals surface area contributed by atoms with E-state index in [1.165, 1.54) is 12.1 Å². The van der Waals surface area contributed by atoms with Gasteiger partial charge in [0.15, 0.2) is 0 Å². The molecule has 0 bridgehead atoms. The molecule has 0 fully saturated rings. The molecule has 0 spiro atoms. The third kappa shape index (κ3) is 3.12. The largest absolute Gasteiger partial charge is 0.398 e. The van der Waals surface area contributed by atoms with Gasteiger partial charge in [0.2, 0.25) is 0 Å². The summed E-state index contributed by atoms with van der Waals surface area (Å²) in [5.74, 6) is 0. The number of fused-ring (bicyclic) bond motifs is 2. The van der Waals surface area contributed by atoms with E-state index in [9.17, 15) is 15.0 Å². The first-order chi connectivity index (χ1) is 13.5. The number of nitrogen functional groups attached to an aromatic ring is 1. The number of nitro groups is 1. The molecule has 4 aromatic rings. The second kappa shape index (κ2) is 6.86. The summed E-state index contributed by atoms with van der Waals surface area (Å²) in [5.41, 5.74) is 9.03. The Morgan fingerprint density at radius 3 is 2.43 bits per heavy atom. The predicted octanol–water partition coefficient (Wildman–Crippen LogP) is 5.78. The van der Waals surface area contributed by atoms with Gasteiger partial charge in [-0.1, -0.05) is 0 Å². The van der Waals surface area contributed by atoms with Crippen LogP contribution in [0.2, 0.25) is 0 Å². The number of non-ortho nitro benzene ring substituents is 1. The van der Waals surface area contributed by atoms with Crippen LogP contribution in [0.1, 0.15) is 0 Å². The van der Waals surface area contributed by atoms with E-state index in [2.05, 4.69) is 31.4 Å². The molecule has 0 amide bonds. The minimum absolute atomic E-state index is 0.0646. The monoisotopic (exact) mass is 437 g/mol. The van der Waals surface area contributed by atoms with E-state index >= 15 is 0 Å². The number of nitro benzene ring substituents is 1. The zero-order chi connectivity index (χ0) is 19.8. The van der Waals surface area contributed by atoms with E-state index in [0.29, 0.717) is 27.8 Å². The lowest BCUT2D eigenvalue weighted by atomic mass is 10.1. The Morgan fingerprint density at radius 1 is 1.04 bits per heavy atom. The first kappa shape index (κ1) is 17.8. The minimum Gasteiger partial charge on any atom is -0.398 e. The van der Waals surface area contributed by atoms with Crippen molar-refractivity contribution in [3.63, 3.8) is 0 Å². The summed E-state index contributed by atoms with van der Waals surface area (Å²) in [4.78, 5) is 26.1. The molecule has 3 aromatic carbocycles. The van der Waals surface area contributed by atoms with Gasteiger partial charge >= 0.3 is 0 Å². The first-order valence-corrected chi connectivity index (χ1v) is 8.93. The fraction of sp³-hybridized carbons (Fsp3) is 0. The van der Waals surface area contributed by atoms with E-state index in [1.54, 1.807) is 30.3 Å². The third-order valence-corrected chi connectivity index (χ3v) is 5.01. The van der Waals surface area contributed by atoms with Crippen molar-refractivity contribution in [3.8, 4) is 0 Å². The van der Waals surface area contributed by atoms with Gasteiger partial charge in [-0.3, -0.25) is 10.1 Å². The van der Waals surface area contributed by atoms with Crippen LogP contribution in [0, 0.1) is 15.0 Å². The second-order valence-electron chi connectivity index (χ2n) is 6.10. The summed E-state index contributed by atoms with van der Waals surface area (Å²) in [6, 6.07) is 14.8. The first-order valence-electron chi connectivity index (χ1n) is 8.13. The number of hydrogen-bond acceptors (Lipinski definition) is 7. The van der Waals surface area contributed by atoms with Gasteiger partial charge < -0.3 is 11.1 Å². The highest BCUT2D eigenvalue weighted by Crippen LogP contribution is 2.36. The Hall–Kier alpha value is -3.59. The van der Waals surface area contributed by atoms with Gasteiger partial charge in [0.1, 0.15) is 5.69 Å².